The summed E-state index contributed by atoms with van der Waals surface area (Å²) in [6.07, 6.45) is 4.69. The summed E-state index contributed by atoms with van der Waals surface area (Å²) in [6, 6.07) is 25.9. The predicted molar refractivity (Wildman–Crippen MR) is 137 cm³/mol. The Labute approximate surface area is 204 Å². The van der Waals surface area contributed by atoms with Gasteiger partial charge in [0.2, 0.25) is 10.0 Å². The maximum Gasteiger partial charge on any atom is 0.260 e. The Hall–Kier alpha value is -3.49. The molecule has 0 unspecified atom stereocenters. The zero-order chi connectivity index (χ0) is 23.9. The number of benzene rings is 3. The molecule has 1 fully saturated rings. The van der Waals surface area contributed by atoms with Gasteiger partial charge in [-0.1, -0.05) is 91.0 Å². The van der Waals surface area contributed by atoms with Crippen LogP contribution in [0.5, 0.6) is 0 Å². The number of para-hydroxylation sites is 1. The van der Waals surface area contributed by atoms with E-state index in [-0.39, 0.29) is 11.0 Å². The van der Waals surface area contributed by atoms with Crippen LogP contribution in [0.2, 0.25) is 0 Å². The fourth-order valence-corrected chi connectivity index (χ4v) is 6.42. The SMILES string of the molecule is CS(=O)(=O)N1C(=S)N[C@]2(C(=O)N(Cc3ccccc3)c3ccccc32)[C@H]1/C=C/c1ccccc1. The molecule has 0 aromatic heterocycles. The first-order valence-corrected chi connectivity index (χ1v) is 13.1. The van der Waals surface area contributed by atoms with Crippen LogP contribution in [-0.2, 0) is 26.9 Å². The van der Waals surface area contributed by atoms with E-state index in [0.29, 0.717) is 12.1 Å². The van der Waals surface area contributed by atoms with E-state index in [1.165, 1.54) is 0 Å². The van der Waals surface area contributed by atoms with Crippen molar-refractivity contribution in [2.24, 2.45) is 0 Å². The zero-order valence-electron chi connectivity index (χ0n) is 18.5. The molecule has 1 spiro atoms. The number of carbonyl (C=O) groups is 1. The molecule has 0 radical (unpaired) electrons. The quantitative estimate of drug-likeness (QED) is 0.554. The van der Waals surface area contributed by atoms with Gasteiger partial charge >= 0.3 is 0 Å². The molecule has 8 heteroatoms. The first-order chi connectivity index (χ1) is 16.3. The molecule has 0 aliphatic carbocycles. The van der Waals surface area contributed by atoms with E-state index in [0.717, 1.165) is 27.4 Å². The van der Waals surface area contributed by atoms with Crippen LogP contribution in [0.25, 0.3) is 6.08 Å². The lowest BCUT2D eigenvalue weighted by atomic mass is 9.84. The maximum absolute atomic E-state index is 14.2. The highest BCUT2D eigenvalue weighted by atomic mass is 32.2. The summed E-state index contributed by atoms with van der Waals surface area (Å²) in [5.41, 5.74) is 1.94. The standard InChI is InChI=1S/C26H23N3O3S2/c1-34(31,32)29-23(17-16-19-10-4-2-5-11-19)26(27-25(29)33)21-14-8-9-15-22(21)28(24(26)30)18-20-12-6-3-7-13-20/h2-17,23H,18H2,1H3,(H,27,33)/b17-16+/t23-,26+/m1/s1. The van der Waals surface area contributed by atoms with Gasteiger partial charge in [-0.05, 0) is 29.4 Å². The highest BCUT2D eigenvalue weighted by Gasteiger charge is 2.63. The second-order valence-electron chi connectivity index (χ2n) is 8.41. The van der Waals surface area contributed by atoms with Crippen LogP contribution in [0.15, 0.2) is 91.0 Å². The van der Waals surface area contributed by atoms with Crippen LogP contribution >= 0.6 is 12.2 Å². The third kappa shape index (κ3) is 3.59. The molecule has 0 saturated carbocycles. The van der Waals surface area contributed by atoms with Gasteiger partial charge in [-0.3, -0.25) is 4.79 Å². The number of amides is 1. The van der Waals surface area contributed by atoms with Gasteiger partial charge in [-0.2, -0.15) is 0 Å². The van der Waals surface area contributed by atoms with Gasteiger partial charge < -0.3 is 10.2 Å². The minimum absolute atomic E-state index is 0.00919. The van der Waals surface area contributed by atoms with Crippen molar-refractivity contribution in [2.75, 3.05) is 11.2 Å². The molecule has 2 aliphatic rings. The summed E-state index contributed by atoms with van der Waals surface area (Å²) < 4.78 is 26.8. The van der Waals surface area contributed by atoms with Crippen molar-refractivity contribution in [2.45, 2.75) is 18.1 Å². The van der Waals surface area contributed by atoms with E-state index in [2.05, 4.69) is 5.32 Å². The normalized spacial score (nSPS) is 22.0. The second-order valence-corrected chi connectivity index (χ2v) is 10.7. The summed E-state index contributed by atoms with van der Waals surface area (Å²) >= 11 is 5.49. The van der Waals surface area contributed by atoms with E-state index in [1.807, 2.05) is 91.0 Å². The molecule has 5 rings (SSSR count). The van der Waals surface area contributed by atoms with E-state index in [1.54, 1.807) is 11.0 Å². The molecule has 172 valence electrons. The molecule has 1 saturated heterocycles. The third-order valence-electron chi connectivity index (χ3n) is 6.21. The third-order valence-corrected chi connectivity index (χ3v) is 7.75. The summed E-state index contributed by atoms with van der Waals surface area (Å²) in [6.45, 7) is 0.362. The van der Waals surface area contributed by atoms with E-state index in [9.17, 15) is 13.2 Å². The van der Waals surface area contributed by atoms with Gasteiger partial charge in [0.05, 0.1) is 18.5 Å². The minimum Gasteiger partial charge on any atom is -0.342 e. The van der Waals surface area contributed by atoms with Crippen LogP contribution in [0, 0.1) is 0 Å². The van der Waals surface area contributed by atoms with E-state index < -0.39 is 21.6 Å². The molecule has 6 nitrogen and oxygen atoms in total. The van der Waals surface area contributed by atoms with Crippen molar-refractivity contribution in [3.63, 3.8) is 0 Å². The Morgan fingerprint density at radius 3 is 2.26 bits per heavy atom. The average molecular weight is 490 g/mol. The highest BCUT2D eigenvalue weighted by molar-refractivity contribution is 7.90. The monoisotopic (exact) mass is 489 g/mol. The van der Waals surface area contributed by atoms with Crippen molar-refractivity contribution >= 4 is 45.0 Å². The number of sulfonamides is 1. The predicted octanol–water partition coefficient (Wildman–Crippen LogP) is 3.66. The number of nitrogens with one attached hydrogen (secondary N) is 1. The van der Waals surface area contributed by atoms with Gasteiger partial charge in [-0.15, -0.1) is 0 Å². The van der Waals surface area contributed by atoms with Crippen molar-refractivity contribution in [1.29, 1.82) is 0 Å². The van der Waals surface area contributed by atoms with Crippen LogP contribution in [0.3, 0.4) is 0 Å². The van der Waals surface area contributed by atoms with Gasteiger partial charge in [0, 0.05) is 5.56 Å². The maximum atomic E-state index is 14.2. The molecule has 2 aliphatic heterocycles. The average Bonchev–Trinajstić information content (AvgIpc) is 3.26. The lowest BCUT2D eigenvalue weighted by Gasteiger charge is -2.30. The first kappa shape index (κ1) is 22.3. The zero-order valence-corrected chi connectivity index (χ0v) is 20.1. The number of hydrogen-bond acceptors (Lipinski definition) is 4. The molecular formula is C26H23N3O3S2. The van der Waals surface area contributed by atoms with Gasteiger partial charge in [-0.25, -0.2) is 12.7 Å². The van der Waals surface area contributed by atoms with E-state index >= 15 is 0 Å². The lowest BCUT2D eigenvalue weighted by Crippen LogP contribution is -2.54. The second kappa shape index (κ2) is 8.38. The van der Waals surface area contributed by atoms with Crippen molar-refractivity contribution < 1.29 is 13.2 Å². The number of fused-ring (bicyclic) bond motifs is 2. The van der Waals surface area contributed by atoms with Gasteiger partial charge in [0.25, 0.3) is 5.91 Å². The topological polar surface area (TPSA) is 69.7 Å². The Bertz CT molecular complexity index is 1390. The fraction of sp³-hybridized carbons (Fsp3) is 0.154. The molecule has 34 heavy (non-hydrogen) atoms. The van der Waals surface area contributed by atoms with Crippen molar-refractivity contribution in [3.05, 3.63) is 108 Å². The van der Waals surface area contributed by atoms with Crippen molar-refractivity contribution in [3.8, 4) is 0 Å². The molecule has 1 N–H and O–H groups in total. The fourth-order valence-electron chi connectivity index (χ4n) is 4.76. The number of carbonyl (C=O) groups excluding carboxylic acids is 1. The lowest BCUT2D eigenvalue weighted by molar-refractivity contribution is -0.124. The smallest absolute Gasteiger partial charge is 0.260 e. The Kier molecular flexibility index (Phi) is 5.50. The number of thiocarbonyl (C=S) groups is 1. The Morgan fingerprint density at radius 2 is 1.59 bits per heavy atom. The minimum atomic E-state index is -3.76. The highest BCUT2D eigenvalue weighted by Crippen LogP contribution is 2.48. The molecule has 3 aromatic carbocycles. The summed E-state index contributed by atoms with van der Waals surface area (Å²) in [5.74, 6) is -0.242. The number of nitrogens with zero attached hydrogens (tertiary/aromatic N) is 2. The van der Waals surface area contributed by atoms with E-state index in [4.69, 9.17) is 12.2 Å². The van der Waals surface area contributed by atoms with Crippen LogP contribution in [0.4, 0.5) is 5.69 Å². The van der Waals surface area contributed by atoms with Gasteiger partial charge in [0.15, 0.2) is 10.7 Å². The molecular weight excluding hydrogens is 466 g/mol. The molecule has 2 atom stereocenters. The number of anilines is 1. The molecule has 0 bridgehead atoms. The Morgan fingerprint density at radius 1 is 0.971 bits per heavy atom. The van der Waals surface area contributed by atoms with Gasteiger partial charge in [0.1, 0.15) is 6.04 Å². The Balaban J connectivity index is 1.66. The van der Waals surface area contributed by atoms with Crippen LogP contribution < -0.4 is 10.2 Å². The summed E-state index contributed by atoms with van der Waals surface area (Å²) in [7, 11) is -3.76. The van der Waals surface area contributed by atoms with Crippen LogP contribution in [-0.4, -0.2) is 36.0 Å². The molecule has 2 heterocycles. The summed E-state index contributed by atoms with van der Waals surface area (Å²) in [4.78, 5) is 15.9. The number of rotatable bonds is 5. The number of hydrogen-bond donors (Lipinski definition) is 1. The molecule has 1 amide bonds. The van der Waals surface area contributed by atoms with Crippen molar-refractivity contribution in [1.82, 2.24) is 9.62 Å². The largest absolute Gasteiger partial charge is 0.342 e. The van der Waals surface area contributed by atoms with Crippen LogP contribution in [0.1, 0.15) is 16.7 Å². The summed E-state index contributed by atoms with van der Waals surface area (Å²) in [5, 5.41) is 3.14. The first-order valence-electron chi connectivity index (χ1n) is 10.8. The molecule has 3 aromatic rings.